The number of rotatable bonds is 7. The number of hydrogen-bond acceptors (Lipinski definition) is 8. The van der Waals surface area contributed by atoms with Crippen LogP contribution in [0, 0.1) is 0 Å². The fraction of sp³-hybridized carbons (Fsp3) is 0.471. The molecule has 9 nitrogen and oxygen atoms in total. The molecule has 0 bridgehead atoms. The monoisotopic (exact) mass is 427 g/mol. The Kier molecular flexibility index (Phi) is 6.53. The van der Waals surface area contributed by atoms with Gasteiger partial charge in [-0.1, -0.05) is 11.6 Å². The predicted octanol–water partition coefficient (Wildman–Crippen LogP) is 2.01. The van der Waals surface area contributed by atoms with Crippen LogP contribution >= 0.6 is 11.6 Å². The Morgan fingerprint density at radius 3 is 2.50 bits per heavy atom. The zero-order valence-electron chi connectivity index (χ0n) is 15.7. The van der Waals surface area contributed by atoms with E-state index in [2.05, 4.69) is 24.6 Å². The summed E-state index contributed by atoms with van der Waals surface area (Å²) in [6.07, 6.45) is 3.30. The lowest BCUT2D eigenvalue weighted by Gasteiger charge is -2.26. The predicted molar refractivity (Wildman–Crippen MR) is 104 cm³/mol. The van der Waals surface area contributed by atoms with Crippen LogP contribution in [0.15, 0.2) is 23.1 Å². The highest BCUT2D eigenvalue weighted by molar-refractivity contribution is 7.89. The fourth-order valence-electron chi connectivity index (χ4n) is 2.85. The first-order valence-corrected chi connectivity index (χ1v) is 10.7. The minimum Gasteiger partial charge on any atom is -0.495 e. The lowest BCUT2D eigenvalue weighted by Crippen LogP contribution is -2.32. The van der Waals surface area contributed by atoms with Gasteiger partial charge in [0.05, 0.1) is 30.7 Å². The Bertz CT molecular complexity index is 935. The quantitative estimate of drug-likeness (QED) is 0.715. The van der Waals surface area contributed by atoms with Crippen molar-refractivity contribution in [3.8, 4) is 11.8 Å². The van der Waals surface area contributed by atoms with Gasteiger partial charge in [-0.05, 0) is 37.5 Å². The second kappa shape index (κ2) is 8.89. The van der Waals surface area contributed by atoms with Gasteiger partial charge < -0.3 is 14.4 Å². The zero-order valence-corrected chi connectivity index (χ0v) is 17.3. The van der Waals surface area contributed by atoms with E-state index < -0.39 is 10.0 Å². The summed E-state index contributed by atoms with van der Waals surface area (Å²) in [6, 6.07) is 4.39. The molecule has 11 heteroatoms. The van der Waals surface area contributed by atoms with Crippen molar-refractivity contribution in [2.75, 3.05) is 32.2 Å². The molecule has 1 aliphatic rings. The number of anilines is 1. The molecule has 0 unspecified atom stereocenters. The summed E-state index contributed by atoms with van der Waals surface area (Å²) in [5, 5.41) is 0.208. The van der Waals surface area contributed by atoms with Crippen LogP contribution in [0.4, 0.5) is 5.95 Å². The minimum absolute atomic E-state index is 0.0237. The standard InChI is InChI=1S/C17H22ClN5O4S/c1-26-14-7-6-12(10-13(14)18)28(24,25)19-11-15-20-16(22-17(21-15)27-2)23-8-4-3-5-9-23/h6-7,10,19H,3-5,8-9,11H2,1-2H3. The number of ether oxygens (including phenoxy) is 2. The third kappa shape index (κ3) is 4.81. The number of aromatic nitrogens is 3. The van der Waals surface area contributed by atoms with Gasteiger partial charge in [-0.3, -0.25) is 0 Å². The first-order chi connectivity index (χ1) is 13.4. The molecule has 2 heterocycles. The number of benzene rings is 1. The molecule has 2 aromatic rings. The van der Waals surface area contributed by atoms with Crippen LogP contribution in [0.1, 0.15) is 25.1 Å². The fourth-order valence-corrected chi connectivity index (χ4v) is 4.18. The van der Waals surface area contributed by atoms with E-state index in [9.17, 15) is 8.42 Å². The van der Waals surface area contributed by atoms with Crippen LogP contribution in [0.5, 0.6) is 11.8 Å². The number of nitrogens with one attached hydrogen (secondary N) is 1. The lowest BCUT2D eigenvalue weighted by atomic mass is 10.1. The van der Waals surface area contributed by atoms with Gasteiger partial charge in [0, 0.05) is 13.1 Å². The second-order valence-corrected chi connectivity index (χ2v) is 8.38. The van der Waals surface area contributed by atoms with Crippen LogP contribution in [-0.4, -0.2) is 50.7 Å². The molecule has 1 aromatic heterocycles. The SMILES string of the molecule is COc1nc(CNS(=O)(=O)c2ccc(OC)c(Cl)c2)nc(N2CCCCC2)n1. The van der Waals surface area contributed by atoms with Gasteiger partial charge in [0.25, 0.3) is 0 Å². The first kappa shape index (κ1) is 20.6. The third-order valence-electron chi connectivity index (χ3n) is 4.32. The number of halogens is 1. The van der Waals surface area contributed by atoms with E-state index >= 15 is 0 Å². The first-order valence-electron chi connectivity index (χ1n) is 8.80. The van der Waals surface area contributed by atoms with Crippen molar-refractivity contribution in [2.24, 2.45) is 0 Å². The zero-order chi connectivity index (χ0) is 20.1. The van der Waals surface area contributed by atoms with Crippen LogP contribution in [0.25, 0.3) is 0 Å². The van der Waals surface area contributed by atoms with Crippen molar-refractivity contribution in [1.82, 2.24) is 19.7 Å². The number of methoxy groups -OCH3 is 2. The summed E-state index contributed by atoms with van der Waals surface area (Å²) in [7, 11) is -0.887. The van der Waals surface area contributed by atoms with Gasteiger partial charge in [-0.25, -0.2) is 13.1 Å². The molecule has 1 aromatic carbocycles. The molecule has 0 radical (unpaired) electrons. The molecule has 0 amide bonds. The molecule has 1 saturated heterocycles. The maximum Gasteiger partial charge on any atom is 0.321 e. The van der Waals surface area contributed by atoms with Crippen LogP contribution in [-0.2, 0) is 16.6 Å². The highest BCUT2D eigenvalue weighted by Crippen LogP contribution is 2.27. The molecule has 0 aliphatic carbocycles. The Morgan fingerprint density at radius 2 is 1.86 bits per heavy atom. The van der Waals surface area contributed by atoms with E-state index in [1.165, 1.54) is 38.8 Å². The highest BCUT2D eigenvalue weighted by Gasteiger charge is 2.19. The maximum atomic E-state index is 12.6. The molecule has 1 fully saturated rings. The third-order valence-corrected chi connectivity index (χ3v) is 6.02. The van der Waals surface area contributed by atoms with Crippen LogP contribution in [0.2, 0.25) is 5.02 Å². The maximum absolute atomic E-state index is 12.6. The summed E-state index contributed by atoms with van der Waals surface area (Å²) in [5.74, 6) is 1.16. The molecule has 1 N–H and O–H groups in total. The summed E-state index contributed by atoms with van der Waals surface area (Å²) in [4.78, 5) is 14.9. The molecule has 0 atom stereocenters. The lowest BCUT2D eigenvalue weighted by molar-refractivity contribution is 0.374. The van der Waals surface area contributed by atoms with E-state index in [0.717, 1.165) is 25.9 Å². The summed E-state index contributed by atoms with van der Waals surface area (Å²) in [6.45, 7) is 1.59. The smallest absolute Gasteiger partial charge is 0.321 e. The topological polar surface area (TPSA) is 107 Å². The molecular formula is C17H22ClN5O4S. The Labute approximate surface area is 169 Å². The average Bonchev–Trinajstić information content (AvgIpc) is 2.72. The van der Waals surface area contributed by atoms with Crippen molar-refractivity contribution in [1.29, 1.82) is 0 Å². The van der Waals surface area contributed by atoms with E-state index in [1.807, 2.05) is 0 Å². The van der Waals surface area contributed by atoms with E-state index in [1.54, 1.807) is 0 Å². The van der Waals surface area contributed by atoms with Crippen molar-refractivity contribution in [3.63, 3.8) is 0 Å². The van der Waals surface area contributed by atoms with Gasteiger partial charge in [0.15, 0.2) is 5.82 Å². The molecule has 152 valence electrons. The van der Waals surface area contributed by atoms with Gasteiger partial charge in [-0.2, -0.15) is 15.0 Å². The Morgan fingerprint density at radius 1 is 1.11 bits per heavy atom. The van der Waals surface area contributed by atoms with Crippen molar-refractivity contribution in [3.05, 3.63) is 29.0 Å². The van der Waals surface area contributed by atoms with Gasteiger partial charge >= 0.3 is 6.01 Å². The average molecular weight is 428 g/mol. The molecule has 1 aliphatic heterocycles. The molecular weight excluding hydrogens is 406 g/mol. The van der Waals surface area contributed by atoms with Gasteiger partial charge in [0.2, 0.25) is 16.0 Å². The molecule has 0 spiro atoms. The van der Waals surface area contributed by atoms with Crippen molar-refractivity contribution >= 4 is 27.6 Å². The van der Waals surface area contributed by atoms with Gasteiger partial charge in [-0.15, -0.1) is 0 Å². The van der Waals surface area contributed by atoms with E-state index in [-0.39, 0.29) is 28.3 Å². The Balaban J connectivity index is 1.78. The second-order valence-electron chi connectivity index (χ2n) is 6.21. The van der Waals surface area contributed by atoms with Crippen LogP contribution in [0.3, 0.4) is 0 Å². The summed E-state index contributed by atoms with van der Waals surface area (Å²) >= 11 is 6.03. The van der Waals surface area contributed by atoms with E-state index in [4.69, 9.17) is 21.1 Å². The highest BCUT2D eigenvalue weighted by atomic mass is 35.5. The van der Waals surface area contributed by atoms with Gasteiger partial charge in [0.1, 0.15) is 5.75 Å². The molecule has 3 rings (SSSR count). The minimum atomic E-state index is -3.81. The molecule has 0 saturated carbocycles. The van der Waals surface area contributed by atoms with Crippen molar-refractivity contribution in [2.45, 2.75) is 30.7 Å². The number of nitrogens with zero attached hydrogens (tertiary/aromatic N) is 4. The van der Waals surface area contributed by atoms with E-state index in [0.29, 0.717) is 11.7 Å². The summed E-state index contributed by atoms with van der Waals surface area (Å²) in [5.41, 5.74) is 0. The van der Waals surface area contributed by atoms with Crippen molar-refractivity contribution < 1.29 is 17.9 Å². The number of piperidine rings is 1. The largest absolute Gasteiger partial charge is 0.495 e. The number of hydrogen-bond donors (Lipinski definition) is 1. The molecule has 28 heavy (non-hydrogen) atoms. The normalized spacial score (nSPS) is 14.8. The summed E-state index contributed by atoms with van der Waals surface area (Å²) < 4.78 is 37.8. The Hall–Kier alpha value is -2.17. The number of sulfonamides is 1. The van der Waals surface area contributed by atoms with Crippen LogP contribution < -0.4 is 19.1 Å².